The van der Waals surface area contributed by atoms with Crippen LogP contribution in [-0.4, -0.2) is 37.1 Å². The highest BCUT2D eigenvalue weighted by atomic mass is 35.5. The van der Waals surface area contributed by atoms with Crippen molar-refractivity contribution in [3.05, 3.63) is 0 Å². The number of nitrogens with zero attached hydrogens (tertiary/aromatic N) is 1. The minimum atomic E-state index is 0. The molecule has 0 amide bonds. The molecule has 0 spiro atoms. The number of halogens is 1. The van der Waals surface area contributed by atoms with Gasteiger partial charge in [-0.1, -0.05) is 6.42 Å². The highest BCUT2D eigenvalue weighted by Gasteiger charge is 2.21. The van der Waals surface area contributed by atoms with Gasteiger partial charge in [0.15, 0.2) is 0 Å². The second kappa shape index (κ2) is 5.84. The van der Waals surface area contributed by atoms with Crippen LogP contribution in [0.2, 0.25) is 0 Å². The van der Waals surface area contributed by atoms with Crippen molar-refractivity contribution >= 4 is 12.4 Å². The smallest absolute Gasteiger partial charge is 0.0119 e. The van der Waals surface area contributed by atoms with Crippen LogP contribution in [0.3, 0.4) is 0 Å². The van der Waals surface area contributed by atoms with Crippen LogP contribution in [0.5, 0.6) is 0 Å². The number of hydrogen-bond donors (Lipinski definition) is 1. The average Bonchev–Trinajstić information content (AvgIpc) is 2.21. The van der Waals surface area contributed by atoms with Gasteiger partial charge in [-0.05, 0) is 51.9 Å². The highest BCUT2D eigenvalue weighted by Crippen LogP contribution is 2.17. The van der Waals surface area contributed by atoms with Gasteiger partial charge in [-0.2, -0.15) is 0 Å². The molecule has 78 valence electrons. The van der Waals surface area contributed by atoms with Crippen LogP contribution in [0.25, 0.3) is 0 Å². The van der Waals surface area contributed by atoms with Gasteiger partial charge in [0.2, 0.25) is 0 Å². The molecule has 1 N–H and O–H groups in total. The molecule has 13 heavy (non-hydrogen) atoms. The molecule has 2 aliphatic heterocycles. The molecule has 0 atom stereocenters. The van der Waals surface area contributed by atoms with Crippen LogP contribution in [0.4, 0.5) is 0 Å². The van der Waals surface area contributed by atoms with E-state index < -0.39 is 0 Å². The fraction of sp³-hybridized carbons (Fsp3) is 1.00. The first kappa shape index (κ1) is 11.3. The van der Waals surface area contributed by atoms with Gasteiger partial charge >= 0.3 is 0 Å². The zero-order valence-corrected chi connectivity index (χ0v) is 9.11. The summed E-state index contributed by atoms with van der Waals surface area (Å²) in [5.74, 6) is 0. The van der Waals surface area contributed by atoms with Crippen molar-refractivity contribution in [2.24, 2.45) is 0 Å². The standard InChI is InChI=1S/C10H20N2.ClH/c1-2-8-12(9-3-1)10-4-6-11-7-5-10;/h10-11H,1-9H2;1H. The Kier molecular flexibility index (Phi) is 5.07. The minimum Gasteiger partial charge on any atom is -0.317 e. The van der Waals surface area contributed by atoms with Gasteiger partial charge in [-0.25, -0.2) is 0 Å². The molecule has 0 radical (unpaired) electrons. The van der Waals surface area contributed by atoms with Crippen LogP contribution in [0.1, 0.15) is 32.1 Å². The number of piperidine rings is 2. The molecule has 0 aromatic carbocycles. The lowest BCUT2D eigenvalue weighted by atomic mass is 10.0. The summed E-state index contributed by atoms with van der Waals surface area (Å²) in [6.45, 7) is 5.21. The van der Waals surface area contributed by atoms with Crippen molar-refractivity contribution < 1.29 is 0 Å². The molecule has 2 nitrogen and oxygen atoms in total. The third-order valence-electron chi connectivity index (χ3n) is 3.22. The Morgan fingerprint density at radius 2 is 1.54 bits per heavy atom. The third kappa shape index (κ3) is 3.12. The topological polar surface area (TPSA) is 15.3 Å². The molecule has 2 heterocycles. The summed E-state index contributed by atoms with van der Waals surface area (Å²) in [7, 11) is 0. The average molecular weight is 205 g/mol. The van der Waals surface area contributed by atoms with Crippen molar-refractivity contribution in [2.45, 2.75) is 38.1 Å². The second-order valence-corrected chi connectivity index (χ2v) is 4.08. The second-order valence-electron chi connectivity index (χ2n) is 4.08. The summed E-state index contributed by atoms with van der Waals surface area (Å²) in [4.78, 5) is 2.71. The molecule has 2 saturated heterocycles. The SMILES string of the molecule is C1CCN(C2CCNCC2)CC1.Cl. The molecule has 0 bridgehead atoms. The maximum Gasteiger partial charge on any atom is 0.0119 e. The van der Waals surface area contributed by atoms with Crippen molar-refractivity contribution in [3.8, 4) is 0 Å². The predicted octanol–water partition coefficient (Wildman–Crippen LogP) is 1.65. The summed E-state index contributed by atoms with van der Waals surface area (Å²) in [5.41, 5.74) is 0. The van der Waals surface area contributed by atoms with Crippen molar-refractivity contribution in [3.63, 3.8) is 0 Å². The first-order valence-electron chi connectivity index (χ1n) is 5.41. The fourth-order valence-corrected chi connectivity index (χ4v) is 2.46. The van der Waals surface area contributed by atoms with E-state index in [0.717, 1.165) is 6.04 Å². The Morgan fingerprint density at radius 1 is 0.923 bits per heavy atom. The van der Waals surface area contributed by atoms with Crippen LogP contribution < -0.4 is 5.32 Å². The quantitative estimate of drug-likeness (QED) is 0.699. The van der Waals surface area contributed by atoms with E-state index in [1.807, 2.05) is 0 Å². The maximum atomic E-state index is 3.43. The normalized spacial score (nSPS) is 26.8. The first-order chi connectivity index (χ1) is 5.97. The molecule has 0 unspecified atom stereocenters. The molecule has 0 aromatic rings. The lowest BCUT2D eigenvalue weighted by Gasteiger charge is -2.36. The first-order valence-corrected chi connectivity index (χ1v) is 5.41. The third-order valence-corrected chi connectivity index (χ3v) is 3.22. The maximum absolute atomic E-state index is 3.43. The molecular weight excluding hydrogens is 184 g/mol. The summed E-state index contributed by atoms with van der Waals surface area (Å²) in [6.07, 6.45) is 7.08. The van der Waals surface area contributed by atoms with E-state index in [4.69, 9.17) is 0 Å². The van der Waals surface area contributed by atoms with Crippen LogP contribution in [0.15, 0.2) is 0 Å². The van der Waals surface area contributed by atoms with Gasteiger partial charge in [0.05, 0.1) is 0 Å². The van der Waals surface area contributed by atoms with Gasteiger partial charge in [-0.15, -0.1) is 12.4 Å². The van der Waals surface area contributed by atoms with Crippen molar-refractivity contribution in [2.75, 3.05) is 26.2 Å². The molecule has 3 heteroatoms. The van der Waals surface area contributed by atoms with Crippen LogP contribution in [0, 0.1) is 0 Å². The van der Waals surface area contributed by atoms with E-state index in [1.165, 1.54) is 58.3 Å². The number of rotatable bonds is 1. The highest BCUT2D eigenvalue weighted by molar-refractivity contribution is 5.85. The zero-order valence-electron chi connectivity index (χ0n) is 8.30. The largest absolute Gasteiger partial charge is 0.317 e. The molecule has 2 fully saturated rings. The van der Waals surface area contributed by atoms with E-state index in [2.05, 4.69) is 10.2 Å². The Hall–Kier alpha value is 0.210. The number of nitrogens with one attached hydrogen (secondary N) is 1. The molecule has 0 saturated carbocycles. The van der Waals surface area contributed by atoms with Gasteiger partial charge in [0.25, 0.3) is 0 Å². The van der Waals surface area contributed by atoms with E-state index in [0.29, 0.717) is 0 Å². The molecular formula is C10H21ClN2. The summed E-state index contributed by atoms with van der Waals surface area (Å²) < 4.78 is 0. The molecule has 0 aromatic heterocycles. The minimum absolute atomic E-state index is 0. The lowest BCUT2D eigenvalue weighted by molar-refractivity contribution is 0.136. The number of hydrogen-bond acceptors (Lipinski definition) is 2. The van der Waals surface area contributed by atoms with E-state index in [-0.39, 0.29) is 12.4 Å². The van der Waals surface area contributed by atoms with Crippen LogP contribution >= 0.6 is 12.4 Å². The van der Waals surface area contributed by atoms with Gasteiger partial charge in [0, 0.05) is 6.04 Å². The van der Waals surface area contributed by atoms with Crippen molar-refractivity contribution in [1.29, 1.82) is 0 Å². The van der Waals surface area contributed by atoms with E-state index >= 15 is 0 Å². The van der Waals surface area contributed by atoms with Gasteiger partial charge in [0.1, 0.15) is 0 Å². The molecule has 2 aliphatic rings. The predicted molar refractivity (Wildman–Crippen MR) is 58.6 cm³/mol. The Morgan fingerprint density at radius 3 is 2.15 bits per heavy atom. The van der Waals surface area contributed by atoms with E-state index in [1.54, 1.807) is 0 Å². The van der Waals surface area contributed by atoms with Crippen molar-refractivity contribution in [1.82, 2.24) is 10.2 Å². The monoisotopic (exact) mass is 204 g/mol. The summed E-state index contributed by atoms with van der Waals surface area (Å²) in [6, 6.07) is 0.909. The fourth-order valence-electron chi connectivity index (χ4n) is 2.46. The Bertz CT molecular complexity index is 113. The Balaban J connectivity index is 0.000000845. The number of likely N-dealkylation sites (tertiary alicyclic amines) is 1. The van der Waals surface area contributed by atoms with Crippen LogP contribution in [-0.2, 0) is 0 Å². The lowest BCUT2D eigenvalue weighted by Crippen LogP contribution is -2.45. The summed E-state index contributed by atoms with van der Waals surface area (Å²) >= 11 is 0. The summed E-state index contributed by atoms with van der Waals surface area (Å²) in [5, 5.41) is 3.43. The van der Waals surface area contributed by atoms with E-state index in [9.17, 15) is 0 Å². The van der Waals surface area contributed by atoms with Gasteiger partial charge in [-0.3, -0.25) is 0 Å². The van der Waals surface area contributed by atoms with Gasteiger partial charge < -0.3 is 10.2 Å². The molecule has 0 aliphatic carbocycles. The Labute approximate surface area is 87.5 Å². The molecule has 2 rings (SSSR count). The zero-order chi connectivity index (χ0) is 8.23.